The van der Waals surface area contributed by atoms with Crippen LogP contribution in [0, 0.1) is 29.1 Å². The maximum atomic E-state index is 4.32. The van der Waals surface area contributed by atoms with E-state index in [-0.39, 0.29) is 0 Å². The molecular formula is C35H60BN3. The molecule has 8 unspecified atom stereocenters. The molecule has 39 heavy (non-hydrogen) atoms. The summed E-state index contributed by atoms with van der Waals surface area (Å²) >= 11 is 0. The molecule has 4 heteroatoms. The second-order valence-corrected chi connectivity index (χ2v) is 16.1. The zero-order valence-electron chi connectivity index (χ0n) is 25.3. The summed E-state index contributed by atoms with van der Waals surface area (Å²) in [4.78, 5) is 3.17. The van der Waals surface area contributed by atoms with Crippen molar-refractivity contribution in [1.29, 1.82) is 0 Å². The van der Waals surface area contributed by atoms with Gasteiger partial charge in [-0.1, -0.05) is 120 Å². The lowest BCUT2D eigenvalue weighted by Gasteiger charge is -2.74. The minimum atomic E-state index is 0.614. The Hall–Kier alpha value is -0.0551. The Labute approximate surface area is 241 Å². The molecule has 0 bridgehead atoms. The molecule has 2 N–H and O–H groups in total. The molecule has 4 aliphatic carbocycles. The Kier molecular flexibility index (Phi) is 7.64. The Morgan fingerprint density at radius 3 is 1.49 bits per heavy atom. The number of likely N-dealkylation sites (tertiary alicyclic amines) is 1. The van der Waals surface area contributed by atoms with Crippen LogP contribution in [-0.2, 0) is 0 Å². The molecule has 218 valence electrons. The van der Waals surface area contributed by atoms with Crippen LogP contribution < -0.4 is 10.6 Å². The third kappa shape index (κ3) is 4.21. The van der Waals surface area contributed by atoms with Gasteiger partial charge in [0, 0.05) is 6.04 Å². The zero-order chi connectivity index (χ0) is 25.8. The molecule has 4 heterocycles. The average molecular weight is 534 g/mol. The molecule has 0 amide bonds. The summed E-state index contributed by atoms with van der Waals surface area (Å²) in [6.45, 7) is 3.63. The van der Waals surface area contributed by atoms with Gasteiger partial charge in [0.25, 0.3) is 0 Å². The molecular weight excluding hydrogens is 473 g/mol. The summed E-state index contributed by atoms with van der Waals surface area (Å²) in [5.41, 5.74) is 0.614. The standard InChI is InChI=1S/C35H60BN3/c1-3-13-25(14-4-1)36-31-21-9-7-17-27(31)35(28-18-8-10-22-32(28)36)29-19-11-23-37-33(29)39(26-15-5-2-6-16-26)34-30(35)20-12-24-38-34/h25-34,37-38H,1-24H2. The number of nitrogens with one attached hydrogen (secondary N) is 2. The Balaban J connectivity index is 1.26. The topological polar surface area (TPSA) is 27.3 Å². The lowest BCUT2D eigenvalue weighted by Crippen LogP contribution is -2.79. The van der Waals surface area contributed by atoms with E-state index in [0.717, 1.165) is 53.9 Å². The van der Waals surface area contributed by atoms with E-state index in [2.05, 4.69) is 15.5 Å². The fraction of sp³-hybridized carbons (Fsp3) is 1.00. The molecule has 0 aromatic heterocycles. The Morgan fingerprint density at radius 2 is 0.923 bits per heavy atom. The lowest BCUT2D eigenvalue weighted by atomic mass is 9.15. The largest absolute Gasteiger partial charge is 0.301 e. The molecule has 8 rings (SSSR count). The van der Waals surface area contributed by atoms with Crippen LogP contribution in [0.2, 0.25) is 17.5 Å². The molecule has 8 atom stereocenters. The summed E-state index contributed by atoms with van der Waals surface area (Å²) < 4.78 is 0. The highest BCUT2D eigenvalue weighted by atomic mass is 15.4. The first-order valence-electron chi connectivity index (χ1n) is 18.6. The smallest absolute Gasteiger partial charge is 0.150 e. The van der Waals surface area contributed by atoms with Gasteiger partial charge in [-0.25, -0.2) is 0 Å². The van der Waals surface area contributed by atoms with Crippen LogP contribution in [0.25, 0.3) is 0 Å². The van der Waals surface area contributed by atoms with Gasteiger partial charge >= 0.3 is 0 Å². The first kappa shape index (κ1) is 26.6. The summed E-state index contributed by atoms with van der Waals surface area (Å²) in [6, 6.07) is 0.829. The first-order valence-corrected chi connectivity index (χ1v) is 18.6. The molecule has 3 nitrogen and oxygen atoms in total. The van der Waals surface area contributed by atoms with Crippen molar-refractivity contribution in [2.75, 3.05) is 13.1 Å². The second-order valence-electron chi connectivity index (χ2n) is 16.1. The van der Waals surface area contributed by atoms with Crippen molar-refractivity contribution < 1.29 is 0 Å². The highest BCUT2D eigenvalue weighted by Gasteiger charge is 2.70. The second kappa shape index (κ2) is 11.2. The molecule has 0 radical (unpaired) electrons. The van der Waals surface area contributed by atoms with Gasteiger partial charge in [0.05, 0.1) is 12.3 Å². The molecule has 4 aliphatic heterocycles. The molecule has 0 aromatic rings. The fourth-order valence-corrected chi connectivity index (χ4v) is 14.1. The minimum Gasteiger partial charge on any atom is -0.301 e. The summed E-state index contributed by atoms with van der Waals surface area (Å²) in [5, 5.41) is 8.65. The van der Waals surface area contributed by atoms with Crippen molar-refractivity contribution in [3.05, 3.63) is 0 Å². The number of fused-ring (bicyclic) bond motifs is 8. The van der Waals surface area contributed by atoms with E-state index < -0.39 is 0 Å². The lowest BCUT2D eigenvalue weighted by molar-refractivity contribution is -0.224. The molecule has 4 saturated heterocycles. The fourth-order valence-electron chi connectivity index (χ4n) is 14.1. The van der Waals surface area contributed by atoms with Gasteiger partial charge in [0.1, 0.15) is 6.71 Å². The molecule has 0 aromatic carbocycles. The zero-order valence-corrected chi connectivity index (χ0v) is 25.3. The molecule has 4 saturated carbocycles. The van der Waals surface area contributed by atoms with Gasteiger partial charge in [0.2, 0.25) is 0 Å². The van der Waals surface area contributed by atoms with Crippen LogP contribution in [-0.4, -0.2) is 43.1 Å². The maximum Gasteiger partial charge on any atom is 0.150 e. The van der Waals surface area contributed by atoms with Crippen LogP contribution >= 0.6 is 0 Å². The van der Waals surface area contributed by atoms with E-state index in [9.17, 15) is 0 Å². The van der Waals surface area contributed by atoms with Gasteiger partial charge in [-0.3, -0.25) is 4.90 Å². The summed E-state index contributed by atoms with van der Waals surface area (Å²) in [6.07, 6.45) is 34.9. The highest BCUT2D eigenvalue weighted by Crippen LogP contribution is 2.73. The third-order valence-electron chi connectivity index (χ3n) is 14.9. The third-order valence-corrected chi connectivity index (χ3v) is 14.9. The minimum absolute atomic E-state index is 0.614. The van der Waals surface area contributed by atoms with Crippen molar-refractivity contribution >= 4 is 6.71 Å². The monoisotopic (exact) mass is 533 g/mol. The predicted octanol–water partition coefficient (Wildman–Crippen LogP) is 8.24. The van der Waals surface area contributed by atoms with E-state index in [1.165, 1.54) is 77.3 Å². The number of hydrogen-bond donors (Lipinski definition) is 2. The summed E-state index contributed by atoms with van der Waals surface area (Å²) in [5.74, 6) is 7.10. The quantitative estimate of drug-likeness (QED) is 0.350. The van der Waals surface area contributed by atoms with Crippen molar-refractivity contribution in [3.63, 3.8) is 0 Å². The number of piperidine rings is 3. The Morgan fingerprint density at radius 1 is 0.462 bits per heavy atom. The van der Waals surface area contributed by atoms with Crippen LogP contribution in [0.4, 0.5) is 0 Å². The van der Waals surface area contributed by atoms with Crippen LogP contribution in [0.15, 0.2) is 0 Å². The van der Waals surface area contributed by atoms with E-state index in [1.807, 2.05) is 0 Å². The van der Waals surface area contributed by atoms with Gasteiger partial charge in [-0.05, 0) is 80.7 Å². The van der Waals surface area contributed by atoms with Crippen molar-refractivity contribution in [2.24, 2.45) is 29.1 Å². The first-order chi connectivity index (χ1) is 19.4. The molecule has 1 spiro atoms. The van der Waals surface area contributed by atoms with E-state index >= 15 is 0 Å². The van der Waals surface area contributed by atoms with Gasteiger partial charge in [-0.2, -0.15) is 0 Å². The van der Waals surface area contributed by atoms with Crippen molar-refractivity contribution in [2.45, 2.75) is 177 Å². The van der Waals surface area contributed by atoms with E-state index in [1.54, 1.807) is 77.0 Å². The predicted molar refractivity (Wildman–Crippen MR) is 164 cm³/mol. The Bertz CT molecular complexity index is 716. The van der Waals surface area contributed by atoms with Crippen LogP contribution in [0.1, 0.15) is 141 Å². The number of hydrogen-bond acceptors (Lipinski definition) is 3. The molecule has 8 fully saturated rings. The summed E-state index contributed by atoms with van der Waals surface area (Å²) in [7, 11) is 0. The van der Waals surface area contributed by atoms with Crippen LogP contribution in [0.5, 0.6) is 0 Å². The maximum absolute atomic E-state index is 4.32. The van der Waals surface area contributed by atoms with Crippen molar-refractivity contribution in [3.8, 4) is 0 Å². The SMILES string of the molecule is C1CCC(B2C3CCCCC3C3(C4CCCCC24)C2CCCNC2N(C2CCCCC2)C2NCCCC23)CC1. The number of rotatable bonds is 2. The average Bonchev–Trinajstić information content (AvgIpc) is 3.02. The molecule has 8 aliphatic rings. The van der Waals surface area contributed by atoms with Crippen molar-refractivity contribution in [1.82, 2.24) is 15.5 Å². The normalized spacial score (nSPS) is 48.2. The van der Waals surface area contributed by atoms with Gasteiger partial charge < -0.3 is 10.6 Å². The van der Waals surface area contributed by atoms with E-state index in [4.69, 9.17) is 0 Å². The van der Waals surface area contributed by atoms with Gasteiger partial charge in [-0.15, -0.1) is 0 Å². The highest BCUT2D eigenvalue weighted by molar-refractivity contribution is 6.64. The number of nitrogens with zero attached hydrogens (tertiary/aromatic N) is 1. The van der Waals surface area contributed by atoms with E-state index in [0.29, 0.717) is 17.7 Å². The van der Waals surface area contributed by atoms with Crippen LogP contribution in [0.3, 0.4) is 0 Å². The van der Waals surface area contributed by atoms with Gasteiger partial charge in [0.15, 0.2) is 0 Å².